The third kappa shape index (κ3) is 7.62. The van der Waals surface area contributed by atoms with Crippen LogP contribution in [0.25, 0.3) is 0 Å². The van der Waals surface area contributed by atoms with E-state index in [2.05, 4.69) is 55.7 Å². The van der Waals surface area contributed by atoms with Gasteiger partial charge < -0.3 is 15.4 Å². The summed E-state index contributed by atoms with van der Waals surface area (Å²) < 4.78 is 33.7. The van der Waals surface area contributed by atoms with E-state index in [1.807, 2.05) is 12.1 Å². The highest BCUT2D eigenvalue weighted by atomic mass is 19.1. The first-order valence-corrected chi connectivity index (χ1v) is 13.1. The van der Waals surface area contributed by atoms with Gasteiger partial charge in [0.25, 0.3) is 5.91 Å². The van der Waals surface area contributed by atoms with Crippen molar-refractivity contribution in [1.82, 2.24) is 10.6 Å². The summed E-state index contributed by atoms with van der Waals surface area (Å²) in [6.45, 7) is 7.61. The molecule has 0 radical (unpaired) electrons. The van der Waals surface area contributed by atoms with Crippen LogP contribution in [0, 0.1) is 11.6 Å². The van der Waals surface area contributed by atoms with E-state index in [4.69, 9.17) is 4.74 Å². The Hall–Kier alpha value is -3.25. The van der Waals surface area contributed by atoms with Gasteiger partial charge in [0.15, 0.2) is 0 Å². The van der Waals surface area contributed by atoms with Crippen LogP contribution in [0.3, 0.4) is 0 Å². The monoisotopic (exact) mass is 506 g/mol. The topological polar surface area (TPSA) is 50.4 Å². The molecule has 2 N–H and O–H groups in total. The first kappa shape index (κ1) is 26.8. The van der Waals surface area contributed by atoms with Gasteiger partial charge in [-0.15, -0.1) is 0 Å². The number of aryl methyl sites for hydroxylation is 2. The molecular formula is C31H36F2N2O2. The van der Waals surface area contributed by atoms with Crippen LogP contribution in [-0.2, 0) is 25.8 Å². The SMILES string of the molecule is CCc1cccc(CNCC[C@H](Cc2cc(F)cc(F)c2)NC(=O)c2ccc3c(c2)CCC(C)(C)O3)c1. The molecule has 0 bridgehead atoms. The molecule has 3 aromatic rings. The Morgan fingerprint density at radius 1 is 1.00 bits per heavy atom. The molecule has 0 unspecified atom stereocenters. The number of fused-ring (bicyclic) bond motifs is 1. The molecule has 0 aromatic heterocycles. The first-order valence-electron chi connectivity index (χ1n) is 13.1. The van der Waals surface area contributed by atoms with Gasteiger partial charge in [0.1, 0.15) is 23.0 Å². The second kappa shape index (κ2) is 11.9. The smallest absolute Gasteiger partial charge is 0.251 e. The molecule has 0 saturated heterocycles. The zero-order valence-electron chi connectivity index (χ0n) is 21.9. The van der Waals surface area contributed by atoms with E-state index in [0.717, 1.165) is 36.6 Å². The van der Waals surface area contributed by atoms with Gasteiger partial charge in [-0.2, -0.15) is 0 Å². The average Bonchev–Trinajstić information content (AvgIpc) is 2.85. The number of nitrogens with one attached hydrogen (secondary N) is 2. The number of carbonyl (C=O) groups is 1. The molecule has 0 aliphatic carbocycles. The van der Waals surface area contributed by atoms with Gasteiger partial charge in [0.05, 0.1) is 0 Å². The fourth-order valence-electron chi connectivity index (χ4n) is 4.78. The molecule has 196 valence electrons. The third-order valence-corrected chi connectivity index (χ3v) is 6.84. The van der Waals surface area contributed by atoms with E-state index >= 15 is 0 Å². The highest BCUT2D eigenvalue weighted by Crippen LogP contribution is 2.33. The van der Waals surface area contributed by atoms with Crippen LogP contribution in [0.4, 0.5) is 8.78 Å². The molecule has 6 heteroatoms. The summed E-state index contributed by atoms with van der Waals surface area (Å²) in [6.07, 6.45) is 3.65. The quantitative estimate of drug-likeness (QED) is 0.324. The minimum atomic E-state index is -0.619. The van der Waals surface area contributed by atoms with E-state index in [1.54, 1.807) is 6.07 Å². The van der Waals surface area contributed by atoms with Crippen molar-refractivity contribution in [1.29, 1.82) is 0 Å². The lowest BCUT2D eigenvalue weighted by atomic mass is 9.93. The molecule has 37 heavy (non-hydrogen) atoms. The molecule has 0 saturated carbocycles. The average molecular weight is 507 g/mol. The Bertz CT molecular complexity index is 1220. The van der Waals surface area contributed by atoms with Crippen LogP contribution in [0.2, 0.25) is 0 Å². The molecule has 1 heterocycles. The van der Waals surface area contributed by atoms with Crippen LogP contribution in [0.1, 0.15) is 66.2 Å². The molecule has 1 aliphatic heterocycles. The number of carbonyl (C=O) groups excluding carboxylic acids is 1. The van der Waals surface area contributed by atoms with Crippen LogP contribution in [-0.4, -0.2) is 24.1 Å². The molecule has 1 amide bonds. The summed E-state index contributed by atoms with van der Waals surface area (Å²) in [4.78, 5) is 13.2. The largest absolute Gasteiger partial charge is 0.488 e. The van der Waals surface area contributed by atoms with Crippen molar-refractivity contribution in [2.24, 2.45) is 0 Å². The summed E-state index contributed by atoms with van der Waals surface area (Å²) in [5.74, 6) is -0.626. The number of hydrogen-bond acceptors (Lipinski definition) is 3. The number of hydrogen-bond donors (Lipinski definition) is 2. The molecule has 3 aromatic carbocycles. The Labute approximate surface area is 218 Å². The Balaban J connectivity index is 1.42. The lowest BCUT2D eigenvalue weighted by Crippen LogP contribution is -2.39. The minimum absolute atomic E-state index is 0.204. The van der Waals surface area contributed by atoms with Crippen molar-refractivity contribution in [2.45, 2.75) is 71.1 Å². The molecule has 4 nitrogen and oxygen atoms in total. The Morgan fingerprint density at radius 2 is 1.76 bits per heavy atom. The van der Waals surface area contributed by atoms with Gasteiger partial charge in [-0.1, -0.05) is 31.2 Å². The number of amides is 1. The minimum Gasteiger partial charge on any atom is -0.488 e. The maximum absolute atomic E-state index is 13.8. The van der Waals surface area contributed by atoms with Crippen molar-refractivity contribution in [3.63, 3.8) is 0 Å². The van der Waals surface area contributed by atoms with Gasteiger partial charge in [-0.3, -0.25) is 4.79 Å². The highest BCUT2D eigenvalue weighted by Gasteiger charge is 2.27. The molecule has 0 spiro atoms. The molecule has 0 fully saturated rings. The maximum Gasteiger partial charge on any atom is 0.251 e. The summed E-state index contributed by atoms with van der Waals surface area (Å²) >= 11 is 0. The predicted octanol–water partition coefficient (Wildman–Crippen LogP) is 6.15. The predicted molar refractivity (Wildman–Crippen MR) is 143 cm³/mol. The maximum atomic E-state index is 13.8. The zero-order valence-corrected chi connectivity index (χ0v) is 21.9. The van der Waals surface area contributed by atoms with Crippen molar-refractivity contribution >= 4 is 5.91 Å². The van der Waals surface area contributed by atoms with Gasteiger partial charge >= 0.3 is 0 Å². The summed E-state index contributed by atoms with van der Waals surface area (Å²) in [5, 5.41) is 6.53. The molecule has 1 aliphatic rings. The van der Waals surface area contributed by atoms with Crippen molar-refractivity contribution < 1.29 is 18.3 Å². The number of ether oxygens (including phenoxy) is 1. The van der Waals surface area contributed by atoms with Gasteiger partial charge in [0.2, 0.25) is 0 Å². The van der Waals surface area contributed by atoms with Crippen LogP contribution in [0.5, 0.6) is 5.75 Å². The lowest BCUT2D eigenvalue weighted by Gasteiger charge is -2.32. The van der Waals surface area contributed by atoms with E-state index in [9.17, 15) is 13.6 Å². The first-order chi connectivity index (χ1) is 17.7. The van der Waals surface area contributed by atoms with E-state index in [0.29, 0.717) is 37.1 Å². The van der Waals surface area contributed by atoms with E-state index < -0.39 is 11.6 Å². The molecular weight excluding hydrogens is 470 g/mol. The third-order valence-electron chi connectivity index (χ3n) is 6.84. The van der Waals surface area contributed by atoms with Crippen LogP contribution >= 0.6 is 0 Å². The number of benzene rings is 3. The standard InChI is InChI=1S/C31H36F2N2O2/c1-4-21-6-5-7-22(14-21)20-34-13-11-28(17-23-15-26(32)19-27(33)16-23)35-30(36)25-8-9-29-24(18-25)10-12-31(2,3)37-29/h5-9,14-16,18-19,28,34H,4,10-13,17,20H2,1-3H3,(H,35,36)/t28-/m1/s1. The second-order valence-corrected chi connectivity index (χ2v) is 10.5. The zero-order chi connectivity index (χ0) is 26.4. The van der Waals surface area contributed by atoms with Crippen molar-refractivity contribution in [3.8, 4) is 5.75 Å². The van der Waals surface area contributed by atoms with Gasteiger partial charge in [-0.25, -0.2) is 8.78 Å². The summed E-state index contributed by atoms with van der Waals surface area (Å²) in [5.41, 5.74) is 4.36. The van der Waals surface area contributed by atoms with Crippen LogP contribution < -0.4 is 15.4 Å². The Kier molecular flexibility index (Phi) is 8.59. The van der Waals surface area contributed by atoms with Crippen molar-refractivity contribution in [2.75, 3.05) is 6.54 Å². The second-order valence-electron chi connectivity index (χ2n) is 10.5. The van der Waals surface area contributed by atoms with Gasteiger partial charge in [0, 0.05) is 24.2 Å². The Morgan fingerprint density at radius 3 is 2.51 bits per heavy atom. The number of rotatable bonds is 10. The lowest BCUT2D eigenvalue weighted by molar-refractivity contribution is 0.0845. The molecule has 4 rings (SSSR count). The van der Waals surface area contributed by atoms with Gasteiger partial charge in [-0.05, 0) is 105 Å². The normalized spacial score (nSPS) is 14.9. The summed E-state index contributed by atoms with van der Waals surface area (Å²) in [6, 6.07) is 17.2. The van der Waals surface area contributed by atoms with E-state index in [1.165, 1.54) is 23.3 Å². The molecule has 1 atom stereocenters. The number of halogens is 2. The van der Waals surface area contributed by atoms with Crippen molar-refractivity contribution in [3.05, 3.63) is 100 Å². The fraction of sp³-hybridized carbons (Fsp3) is 0.387. The highest BCUT2D eigenvalue weighted by molar-refractivity contribution is 5.94. The van der Waals surface area contributed by atoms with E-state index in [-0.39, 0.29) is 17.6 Å². The fourth-order valence-corrected chi connectivity index (χ4v) is 4.78. The summed E-state index contributed by atoms with van der Waals surface area (Å²) in [7, 11) is 0. The van der Waals surface area contributed by atoms with Crippen LogP contribution in [0.15, 0.2) is 60.7 Å².